The van der Waals surface area contributed by atoms with E-state index in [9.17, 15) is 24.3 Å². The van der Waals surface area contributed by atoms with E-state index in [0.717, 1.165) is 21.6 Å². The molecule has 238 valence electrons. The number of amides is 3. The number of thioether (sulfide) groups is 1. The molecule has 4 aromatic rings. The maximum Gasteiger partial charge on any atom is 0.404 e. The van der Waals surface area contributed by atoms with E-state index < -0.39 is 40.9 Å². The van der Waals surface area contributed by atoms with Gasteiger partial charge in [0.05, 0.1) is 5.51 Å². The first-order valence-corrected chi connectivity index (χ1v) is 16.2. The van der Waals surface area contributed by atoms with Crippen molar-refractivity contribution in [1.82, 2.24) is 15.2 Å². The predicted molar refractivity (Wildman–Crippen MR) is 174 cm³/mol. The summed E-state index contributed by atoms with van der Waals surface area (Å²) in [7, 11) is 0. The minimum atomic E-state index is -1.37. The second kappa shape index (κ2) is 13.5. The van der Waals surface area contributed by atoms with Crippen molar-refractivity contribution >= 4 is 52.7 Å². The minimum Gasteiger partial charge on any atom is -0.477 e. The molecule has 2 unspecified atom stereocenters. The van der Waals surface area contributed by atoms with Gasteiger partial charge in [-0.05, 0) is 0 Å². The fourth-order valence-electron chi connectivity index (χ4n) is 5.49. The molecule has 0 aliphatic carbocycles. The van der Waals surface area contributed by atoms with Gasteiger partial charge in [0.25, 0.3) is 11.8 Å². The van der Waals surface area contributed by atoms with Gasteiger partial charge in [-0.3, -0.25) is 14.5 Å². The molecule has 6 rings (SSSR count). The van der Waals surface area contributed by atoms with Crippen LogP contribution >= 0.6 is 23.1 Å². The summed E-state index contributed by atoms with van der Waals surface area (Å²) in [5.41, 5.74) is 7.54. The van der Waals surface area contributed by atoms with Gasteiger partial charge in [-0.2, -0.15) is 0 Å². The van der Waals surface area contributed by atoms with Gasteiger partial charge in [0.15, 0.2) is 5.71 Å². The summed E-state index contributed by atoms with van der Waals surface area (Å²) in [5, 5.41) is 18.0. The first-order chi connectivity index (χ1) is 22.8. The van der Waals surface area contributed by atoms with Gasteiger partial charge in [-0.25, -0.2) is 14.6 Å². The number of benzene rings is 3. The van der Waals surface area contributed by atoms with E-state index in [4.69, 9.17) is 15.3 Å². The van der Waals surface area contributed by atoms with Crippen LogP contribution in [0.1, 0.15) is 22.4 Å². The van der Waals surface area contributed by atoms with E-state index in [1.165, 1.54) is 23.1 Å². The molecule has 12 nitrogen and oxygen atoms in total. The van der Waals surface area contributed by atoms with Crippen molar-refractivity contribution in [3.8, 4) is 0 Å². The van der Waals surface area contributed by atoms with Gasteiger partial charge in [0, 0.05) is 33.4 Å². The Kier molecular flexibility index (Phi) is 9.04. The van der Waals surface area contributed by atoms with Crippen molar-refractivity contribution in [2.45, 2.75) is 17.0 Å². The van der Waals surface area contributed by atoms with Gasteiger partial charge in [0.2, 0.25) is 5.60 Å². The quantitative estimate of drug-likeness (QED) is 0.0932. The van der Waals surface area contributed by atoms with Crippen molar-refractivity contribution < 1.29 is 33.9 Å². The van der Waals surface area contributed by atoms with E-state index in [1.807, 2.05) is 91.0 Å². The van der Waals surface area contributed by atoms with E-state index in [1.54, 1.807) is 10.9 Å². The Bertz CT molecular complexity index is 1760. The topological polar surface area (TPSA) is 174 Å². The molecule has 0 spiro atoms. The third-order valence-corrected chi connectivity index (χ3v) is 9.56. The molecule has 3 heterocycles. The van der Waals surface area contributed by atoms with Crippen LogP contribution in [-0.4, -0.2) is 68.4 Å². The number of β-lactam (4-membered cyclic amide) rings is 1. The number of oxime groups is 1. The van der Waals surface area contributed by atoms with Crippen LogP contribution in [0.5, 0.6) is 0 Å². The van der Waals surface area contributed by atoms with Crippen LogP contribution in [0.15, 0.2) is 118 Å². The number of aliphatic carboxylic acids is 1. The number of rotatable bonds is 11. The number of nitrogens with zero attached hydrogens (tertiary/aromatic N) is 3. The van der Waals surface area contributed by atoms with Crippen molar-refractivity contribution in [2.24, 2.45) is 10.9 Å². The molecule has 2 aliphatic rings. The molecule has 47 heavy (non-hydrogen) atoms. The van der Waals surface area contributed by atoms with Gasteiger partial charge in [-0.1, -0.05) is 96.2 Å². The summed E-state index contributed by atoms with van der Waals surface area (Å²) in [6.45, 7) is -0.374. The monoisotopic (exact) mass is 669 g/mol. The summed E-state index contributed by atoms with van der Waals surface area (Å²) in [6.07, 6.45) is -1.07. The zero-order valence-electron chi connectivity index (χ0n) is 24.5. The molecule has 0 saturated carbocycles. The molecule has 2 atom stereocenters. The lowest BCUT2D eigenvalue weighted by Gasteiger charge is -2.49. The normalized spacial score (nSPS) is 17.7. The van der Waals surface area contributed by atoms with E-state index in [-0.39, 0.29) is 35.0 Å². The van der Waals surface area contributed by atoms with E-state index >= 15 is 0 Å². The van der Waals surface area contributed by atoms with Crippen molar-refractivity contribution in [1.29, 1.82) is 0 Å². The number of carbonyl (C=O) groups is 4. The highest BCUT2D eigenvalue weighted by atomic mass is 32.2. The molecule has 4 N–H and O–H groups in total. The number of nitrogens with two attached hydrogens (primary N) is 1. The summed E-state index contributed by atoms with van der Waals surface area (Å²) < 4.78 is 4.78. The average Bonchev–Trinajstić information content (AvgIpc) is 3.63. The Labute approximate surface area is 276 Å². The summed E-state index contributed by atoms with van der Waals surface area (Å²) in [6, 6.07) is 27.4. The number of hydrogen-bond donors (Lipinski definition) is 3. The van der Waals surface area contributed by atoms with Crippen molar-refractivity contribution in [3.63, 3.8) is 0 Å². The number of primary amides is 1. The molecule has 3 amide bonds. The average molecular weight is 670 g/mol. The Balaban J connectivity index is 1.35. The Morgan fingerprint density at radius 2 is 1.55 bits per heavy atom. The van der Waals surface area contributed by atoms with Crippen LogP contribution in [0.2, 0.25) is 0 Å². The third-order valence-electron chi connectivity index (χ3n) is 7.63. The van der Waals surface area contributed by atoms with Gasteiger partial charge < -0.3 is 25.7 Å². The summed E-state index contributed by atoms with van der Waals surface area (Å²) in [5.74, 6) is -2.61. The van der Waals surface area contributed by atoms with Crippen LogP contribution in [-0.2, 0) is 29.6 Å². The zero-order chi connectivity index (χ0) is 33.0. The lowest BCUT2D eigenvalue weighted by atomic mass is 9.80. The SMILES string of the molecule is NC(=O)OCC1=C(C(=O)O)N2C(=O)C(NC(=O)/C(=N\OC(c3ccccc3)(c3ccccc3)c3ccccc3)c3cscn3)C2SC1. The molecule has 14 heteroatoms. The third kappa shape index (κ3) is 6.07. The highest BCUT2D eigenvalue weighted by Gasteiger charge is 2.54. The second-order valence-corrected chi connectivity index (χ2v) is 12.2. The molecule has 3 aromatic carbocycles. The number of carboxylic acids is 1. The largest absolute Gasteiger partial charge is 0.477 e. The van der Waals surface area contributed by atoms with E-state index in [0.29, 0.717) is 0 Å². The van der Waals surface area contributed by atoms with Crippen LogP contribution in [0, 0.1) is 0 Å². The number of ether oxygens (including phenoxy) is 1. The molecule has 1 aromatic heterocycles. The second-order valence-electron chi connectivity index (χ2n) is 10.4. The minimum absolute atomic E-state index is 0.139. The maximum atomic E-state index is 13.9. The number of fused-ring (bicyclic) bond motifs is 1. The Morgan fingerprint density at radius 1 is 0.979 bits per heavy atom. The first-order valence-electron chi connectivity index (χ1n) is 14.3. The van der Waals surface area contributed by atoms with Gasteiger partial charge in [0.1, 0.15) is 29.4 Å². The number of carboxylic acid groups (broad SMARTS) is 1. The molecule has 0 radical (unpaired) electrons. The van der Waals surface area contributed by atoms with Crippen LogP contribution in [0.3, 0.4) is 0 Å². The number of nitrogens with one attached hydrogen (secondary N) is 1. The van der Waals surface area contributed by atoms with Gasteiger partial charge >= 0.3 is 12.1 Å². The standard InChI is InChI=1S/C33H27N5O7S2/c34-32(43)44-16-20-17-47-30-26(29(40)38(30)27(20)31(41)42)36-28(39)25(24-18-46-19-35-24)37-45-33(21-10-4-1-5-11-21,22-12-6-2-7-13-22)23-14-8-3-9-15-23/h1-15,18-19,26,30H,16-17H2,(H2,34,43)(H,36,39)(H,41,42)/b37-25-. The Hall–Kier alpha value is -5.47. The smallest absolute Gasteiger partial charge is 0.404 e. The number of aromatic nitrogens is 1. The van der Waals surface area contributed by atoms with Crippen LogP contribution < -0.4 is 11.1 Å². The molecule has 0 bridgehead atoms. The molecular weight excluding hydrogens is 643 g/mol. The lowest BCUT2D eigenvalue weighted by molar-refractivity contribution is -0.150. The van der Waals surface area contributed by atoms with Crippen molar-refractivity contribution in [2.75, 3.05) is 12.4 Å². The maximum absolute atomic E-state index is 13.9. The highest BCUT2D eigenvalue weighted by Crippen LogP contribution is 2.42. The summed E-state index contributed by atoms with van der Waals surface area (Å²) >= 11 is 2.47. The number of thiazole rings is 1. The molecule has 1 fully saturated rings. The van der Waals surface area contributed by atoms with Gasteiger partial charge in [-0.15, -0.1) is 23.1 Å². The highest BCUT2D eigenvalue weighted by molar-refractivity contribution is 8.00. The zero-order valence-corrected chi connectivity index (χ0v) is 26.1. The van der Waals surface area contributed by atoms with Crippen LogP contribution in [0.25, 0.3) is 0 Å². The fraction of sp³-hybridized carbons (Fsp3) is 0.152. The molecular formula is C33H27N5O7S2. The fourth-order valence-corrected chi connectivity index (χ4v) is 7.35. The number of carbonyl (C=O) groups excluding carboxylic acids is 3. The number of hydrogen-bond acceptors (Lipinski definition) is 10. The van der Waals surface area contributed by atoms with E-state index in [2.05, 4.69) is 15.5 Å². The summed E-state index contributed by atoms with van der Waals surface area (Å²) in [4.78, 5) is 62.3. The molecule has 1 saturated heterocycles. The predicted octanol–water partition coefficient (Wildman–Crippen LogP) is 3.69. The lowest BCUT2D eigenvalue weighted by Crippen LogP contribution is -2.71. The van der Waals surface area contributed by atoms with Crippen LogP contribution in [0.4, 0.5) is 4.79 Å². The molecule has 2 aliphatic heterocycles. The van der Waals surface area contributed by atoms with Crippen molar-refractivity contribution in [3.05, 3.63) is 136 Å². The first kappa shape index (κ1) is 31.5. The Morgan fingerprint density at radius 3 is 2.04 bits per heavy atom.